The zero-order chi connectivity index (χ0) is 13.9. The first-order valence-corrected chi connectivity index (χ1v) is 6.61. The molecule has 1 aliphatic heterocycles. The van der Waals surface area contributed by atoms with Crippen molar-refractivity contribution in [3.63, 3.8) is 0 Å². The van der Waals surface area contributed by atoms with Crippen LogP contribution in [0.5, 0.6) is 0 Å². The lowest BCUT2D eigenvalue weighted by atomic mass is 10.1. The van der Waals surface area contributed by atoms with Gasteiger partial charge in [0.1, 0.15) is 17.8 Å². The first kappa shape index (κ1) is 12.9. The Morgan fingerprint density at radius 2 is 2.15 bits per heavy atom. The summed E-state index contributed by atoms with van der Waals surface area (Å²) in [6, 6.07) is 5.02. The molecule has 4 nitrogen and oxygen atoms in total. The maximum atomic E-state index is 14.0. The fourth-order valence-electron chi connectivity index (χ4n) is 2.33. The van der Waals surface area contributed by atoms with Gasteiger partial charge in [0, 0.05) is 31.7 Å². The molecule has 1 saturated heterocycles. The number of oxazole rings is 1. The Bertz CT molecular complexity index is 617. The summed E-state index contributed by atoms with van der Waals surface area (Å²) in [4.78, 5) is 6.32. The predicted molar refractivity (Wildman–Crippen MR) is 77.1 cm³/mol. The number of hydrogen-bond acceptors (Lipinski definition) is 4. The highest BCUT2D eigenvalue weighted by atomic mass is 19.1. The van der Waals surface area contributed by atoms with Crippen molar-refractivity contribution in [3.05, 3.63) is 42.7 Å². The molecule has 0 spiro atoms. The van der Waals surface area contributed by atoms with E-state index in [0.29, 0.717) is 17.3 Å². The van der Waals surface area contributed by atoms with E-state index in [9.17, 15) is 4.39 Å². The molecule has 1 aliphatic rings. The van der Waals surface area contributed by atoms with Gasteiger partial charge in [-0.25, -0.2) is 9.37 Å². The Morgan fingerprint density at radius 3 is 2.85 bits per heavy atom. The van der Waals surface area contributed by atoms with Crippen LogP contribution in [0.2, 0.25) is 0 Å². The van der Waals surface area contributed by atoms with E-state index in [0.717, 1.165) is 31.7 Å². The molecule has 0 aliphatic carbocycles. The molecule has 0 radical (unpaired) electrons. The number of rotatable bonds is 3. The molecule has 0 bridgehead atoms. The number of aromatic nitrogens is 1. The topological polar surface area (TPSA) is 41.3 Å². The molecule has 0 atom stereocenters. The number of nitrogens with one attached hydrogen (secondary N) is 1. The standard InChI is InChI=1S/C15H16FN3O/c1-2-15-18-13(10-20-15)11-3-4-12(16)14(9-11)19-7-5-17-6-8-19/h2-4,9-10,17H,1,5-8H2. The molecule has 20 heavy (non-hydrogen) atoms. The van der Waals surface area contributed by atoms with Crippen molar-refractivity contribution in [1.29, 1.82) is 0 Å². The van der Waals surface area contributed by atoms with Gasteiger partial charge in [0.2, 0.25) is 5.89 Å². The Kier molecular flexibility index (Phi) is 3.52. The van der Waals surface area contributed by atoms with Crippen molar-refractivity contribution in [2.24, 2.45) is 0 Å². The number of anilines is 1. The summed E-state index contributed by atoms with van der Waals surface area (Å²) in [5.74, 6) is 0.260. The molecule has 1 fully saturated rings. The molecule has 104 valence electrons. The second-order valence-corrected chi connectivity index (χ2v) is 4.68. The fourth-order valence-corrected chi connectivity index (χ4v) is 2.33. The van der Waals surface area contributed by atoms with Crippen molar-refractivity contribution < 1.29 is 8.81 Å². The Morgan fingerprint density at radius 1 is 1.35 bits per heavy atom. The number of hydrogen-bond donors (Lipinski definition) is 1. The van der Waals surface area contributed by atoms with Crippen molar-refractivity contribution in [3.8, 4) is 11.3 Å². The first-order valence-electron chi connectivity index (χ1n) is 6.61. The van der Waals surface area contributed by atoms with E-state index in [1.54, 1.807) is 18.4 Å². The smallest absolute Gasteiger partial charge is 0.218 e. The van der Waals surface area contributed by atoms with Crippen molar-refractivity contribution in [2.75, 3.05) is 31.1 Å². The SMILES string of the molecule is C=Cc1nc(-c2ccc(F)c(N3CCNCC3)c2)co1. The van der Waals surface area contributed by atoms with Crippen LogP contribution >= 0.6 is 0 Å². The molecule has 1 N–H and O–H groups in total. The molecule has 0 amide bonds. The minimum absolute atomic E-state index is 0.205. The van der Waals surface area contributed by atoms with E-state index < -0.39 is 0 Å². The average molecular weight is 273 g/mol. The number of benzene rings is 1. The lowest BCUT2D eigenvalue weighted by Gasteiger charge is -2.29. The van der Waals surface area contributed by atoms with E-state index in [1.807, 2.05) is 11.0 Å². The van der Waals surface area contributed by atoms with Crippen LogP contribution < -0.4 is 10.2 Å². The normalized spacial score (nSPS) is 15.3. The second-order valence-electron chi connectivity index (χ2n) is 4.68. The lowest BCUT2D eigenvalue weighted by molar-refractivity contribution is 0.547. The highest BCUT2D eigenvalue weighted by Gasteiger charge is 2.16. The van der Waals surface area contributed by atoms with Gasteiger partial charge >= 0.3 is 0 Å². The molecule has 1 aromatic carbocycles. The minimum atomic E-state index is -0.205. The maximum absolute atomic E-state index is 14.0. The third kappa shape index (κ3) is 2.44. The Hall–Kier alpha value is -2.14. The molecule has 0 unspecified atom stereocenters. The average Bonchev–Trinajstić information content (AvgIpc) is 2.97. The number of nitrogens with zero attached hydrogens (tertiary/aromatic N) is 2. The van der Waals surface area contributed by atoms with E-state index in [4.69, 9.17) is 4.42 Å². The molecule has 3 rings (SSSR count). The van der Waals surface area contributed by atoms with Crippen molar-refractivity contribution >= 4 is 11.8 Å². The van der Waals surface area contributed by atoms with Gasteiger partial charge in [-0.15, -0.1) is 0 Å². The van der Waals surface area contributed by atoms with Crippen LogP contribution in [-0.4, -0.2) is 31.2 Å². The third-order valence-electron chi connectivity index (χ3n) is 3.40. The highest BCUT2D eigenvalue weighted by molar-refractivity contribution is 5.66. The van der Waals surface area contributed by atoms with Crippen LogP contribution in [0.25, 0.3) is 17.3 Å². The van der Waals surface area contributed by atoms with Gasteiger partial charge in [0.05, 0.1) is 5.69 Å². The van der Waals surface area contributed by atoms with Gasteiger partial charge in [0.25, 0.3) is 0 Å². The van der Waals surface area contributed by atoms with Crippen LogP contribution in [0.1, 0.15) is 5.89 Å². The molecular weight excluding hydrogens is 257 g/mol. The van der Waals surface area contributed by atoms with Gasteiger partial charge in [-0.05, 0) is 24.3 Å². The lowest BCUT2D eigenvalue weighted by Crippen LogP contribution is -2.43. The van der Waals surface area contributed by atoms with Crippen LogP contribution in [0, 0.1) is 5.82 Å². The largest absolute Gasteiger partial charge is 0.444 e. The molecule has 0 saturated carbocycles. The summed E-state index contributed by atoms with van der Waals surface area (Å²) in [7, 11) is 0. The van der Waals surface area contributed by atoms with Gasteiger partial charge in [0.15, 0.2) is 0 Å². The summed E-state index contributed by atoms with van der Waals surface area (Å²) in [5.41, 5.74) is 2.15. The van der Waals surface area contributed by atoms with E-state index in [1.165, 1.54) is 6.07 Å². The Balaban J connectivity index is 1.94. The van der Waals surface area contributed by atoms with Crippen molar-refractivity contribution in [1.82, 2.24) is 10.3 Å². The van der Waals surface area contributed by atoms with Gasteiger partial charge in [-0.3, -0.25) is 0 Å². The summed E-state index contributed by atoms with van der Waals surface area (Å²) in [6.45, 7) is 6.96. The molecule has 2 heterocycles. The van der Waals surface area contributed by atoms with Crippen LogP contribution in [-0.2, 0) is 0 Å². The molecule has 1 aromatic heterocycles. The minimum Gasteiger partial charge on any atom is -0.444 e. The van der Waals surface area contributed by atoms with Gasteiger partial charge in [-0.2, -0.15) is 0 Å². The monoisotopic (exact) mass is 273 g/mol. The van der Waals surface area contributed by atoms with Crippen LogP contribution in [0.4, 0.5) is 10.1 Å². The fraction of sp³-hybridized carbons (Fsp3) is 0.267. The van der Waals surface area contributed by atoms with Crippen molar-refractivity contribution in [2.45, 2.75) is 0 Å². The zero-order valence-corrected chi connectivity index (χ0v) is 11.1. The molecular formula is C15H16FN3O. The Labute approximate surface area is 116 Å². The third-order valence-corrected chi connectivity index (χ3v) is 3.40. The summed E-state index contributed by atoms with van der Waals surface area (Å²) in [5, 5.41) is 3.26. The van der Waals surface area contributed by atoms with E-state index >= 15 is 0 Å². The maximum Gasteiger partial charge on any atom is 0.218 e. The summed E-state index contributed by atoms with van der Waals surface area (Å²) in [6.07, 6.45) is 3.11. The first-order chi connectivity index (χ1) is 9.78. The van der Waals surface area contributed by atoms with Gasteiger partial charge < -0.3 is 14.6 Å². The van der Waals surface area contributed by atoms with E-state index in [2.05, 4.69) is 16.9 Å². The summed E-state index contributed by atoms with van der Waals surface area (Å²) < 4.78 is 19.3. The van der Waals surface area contributed by atoms with Crippen LogP contribution in [0.3, 0.4) is 0 Å². The zero-order valence-electron chi connectivity index (χ0n) is 11.1. The van der Waals surface area contributed by atoms with Crippen LogP contribution in [0.15, 0.2) is 35.5 Å². The molecule has 2 aromatic rings. The number of halogens is 1. The highest BCUT2D eigenvalue weighted by Crippen LogP contribution is 2.27. The molecule has 5 heteroatoms. The quantitative estimate of drug-likeness (QED) is 0.933. The number of piperazine rings is 1. The van der Waals surface area contributed by atoms with E-state index in [-0.39, 0.29) is 5.82 Å². The second kappa shape index (κ2) is 5.46. The van der Waals surface area contributed by atoms with Gasteiger partial charge in [-0.1, -0.05) is 6.58 Å². The predicted octanol–water partition coefficient (Wildman–Crippen LogP) is 2.53. The summed E-state index contributed by atoms with van der Waals surface area (Å²) >= 11 is 0.